The van der Waals surface area contributed by atoms with Crippen molar-refractivity contribution in [1.82, 2.24) is 20.3 Å². The predicted molar refractivity (Wildman–Crippen MR) is 78.7 cm³/mol. The highest BCUT2D eigenvalue weighted by molar-refractivity contribution is 5.87. The molecule has 0 aliphatic rings. The molecule has 0 atom stereocenters. The van der Waals surface area contributed by atoms with E-state index in [1.54, 1.807) is 13.2 Å². The maximum absolute atomic E-state index is 11.8. The highest BCUT2D eigenvalue weighted by Crippen LogP contribution is 2.16. The lowest BCUT2D eigenvalue weighted by molar-refractivity contribution is 0.251. The summed E-state index contributed by atoms with van der Waals surface area (Å²) in [6, 6.07) is 3.51. The molecule has 0 aliphatic carbocycles. The molecule has 2 aromatic rings. The van der Waals surface area contributed by atoms with Crippen molar-refractivity contribution in [2.75, 3.05) is 5.32 Å². The molecule has 2 amide bonds. The van der Waals surface area contributed by atoms with Gasteiger partial charge in [-0.1, -0.05) is 17.3 Å². The second kappa shape index (κ2) is 6.36. The van der Waals surface area contributed by atoms with Crippen LogP contribution in [-0.2, 0) is 20.2 Å². The number of nitrogens with one attached hydrogen (secondary N) is 2. The SMILES string of the molecule is Cc1cc(CO)cc(C)c1CNC(=O)Nc1cn(C)nn1. The van der Waals surface area contributed by atoms with Crippen molar-refractivity contribution >= 4 is 11.8 Å². The third-order valence-electron chi connectivity index (χ3n) is 3.21. The average molecular weight is 289 g/mol. The van der Waals surface area contributed by atoms with Gasteiger partial charge in [-0.05, 0) is 36.1 Å². The largest absolute Gasteiger partial charge is 0.392 e. The molecular formula is C14H19N5O2. The third-order valence-corrected chi connectivity index (χ3v) is 3.21. The molecule has 0 fully saturated rings. The van der Waals surface area contributed by atoms with Crippen LogP contribution in [0.1, 0.15) is 22.3 Å². The summed E-state index contributed by atoms with van der Waals surface area (Å²) in [5, 5.41) is 22.1. The standard InChI is InChI=1S/C14H19N5O2/c1-9-4-11(8-20)5-10(2)12(9)6-15-14(21)16-13-7-19(3)18-17-13/h4-5,7,20H,6,8H2,1-3H3,(H2,15,16,21). The number of carbonyl (C=O) groups is 1. The first kappa shape index (κ1) is 15.0. The van der Waals surface area contributed by atoms with Crippen molar-refractivity contribution in [3.63, 3.8) is 0 Å². The molecule has 0 aliphatic heterocycles. The second-order valence-corrected chi connectivity index (χ2v) is 4.95. The number of amides is 2. The first-order valence-corrected chi connectivity index (χ1v) is 6.60. The van der Waals surface area contributed by atoms with Crippen LogP contribution in [0.25, 0.3) is 0 Å². The molecule has 7 heteroatoms. The molecule has 7 nitrogen and oxygen atoms in total. The van der Waals surface area contributed by atoms with Gasteiger partial charge in [0.25, 0.3) is 0 Å². The van der Waals surface area contributed by atoms with E-state index in [1.165, 1.54) is 4.68 Å². The van der Waals surface area contributed by atoms with Crippen LogP contribution in [0.2, 0.25) is 0 Å². The number of carbonyl (C=O) groups excluding carboxylic acids is 1. The first-order chi connectivity index (χ1) is 9.99. The summed E-state index contributed by atoms with van der Waals surface area (Å²) in [5.41, 5.74) is 4.00. The van der Waals surface area contributed by atoms with Crippen molar-refractivity contribution in [2.24, 2.45) is 7.05 Å². The lowest BCUT2D eigenvalue weighted by Gasteiger charge is -2.13. The quantitative estimate of drug-likeness (QED) is 0.789. The summed E-state index contributed by atoms with van der Waals surface area (Å²) in [5.74, 6) is 0.402. The van der Waals surface area contributed by atoms with E-state index >= 15 is 0 Å². The Hall–Kier alpha value is -2.41. The van der Waals surface area contributed by atoms with Gasteiger partial charge in [-0.15, -0.1) is 5.10 Å². The summed E-state index contributed by atoms with van der Waals surface area (Å²) < 4.78 is 1.51. The molecule has 2 rings (SSSR count). The fourth-order valence-corrected chi connectivity index (χ4v) is 2.19. The van der Waals surface area contributed by atoms with Crippen LogP contribution in [0.4, 0.5) is 10.6 Å². The van der Waals surface area contributed by atoms with Crippen molar-refractivity contribution in [3.05, 3.63) is 40.6 Å². The number of rotatable bonds is 4. The molecule has 0 spiro atoms. The molecule has 1 aromatic heterocycles. The Bertz CT molecular complexity index is 628. The molecule has 0 bridgehead atoms. The lowest BCUT2D eigenvalue weighted by atomic mass is 9.99. The Morgan fingerprint density at radius 1 is 1.33 bits per heavy atom. The Balaban J connectivity index is 1.98. The van der Waals surface area contributed by atoms with Crippen LogP contribution in [0.15, 0.2) is 18.3 Å². The lowest BCUT2D eigenvalue weighted by Crippen LogP contribution is -2.29. The maximum Gasteiger partial charge on any atom is 0.320 e. The summed E-state index contributed by atoms with van der Waals surface area (Å²) >= 11 is 0. The molecule has 0 radical (unpaired) electrons. The molecule has 1 heterocycles. The Morgan fingerprint density at radius 2 is 2.00 bits per heavy atom. The minimum Gasteiger partial charge on any atom is -0.392 e. The topological polar surface area (TPSA) is 92.1 Å². The highest BCUT2D eigenvalue weighted by atomic mass is 16.3. The van der Waals surface area contributed by atoms with Gasteiger partial charge in [0.05, 0.1) is 12.8 Å². The van der Waals surface area contributed by atoms with E-state index in [2.05, 4.69) is 20.9 Å². The van der Waals surface area contributed by atoms with Crippen LogP contribution in [0.5, 0.6) is 0 Å². The highest BCUT2D eigenvalue weighted by Gasteiger charge is 2.08. The van der Waals surface area contributed by atoms with E-state index in [1.807, 2.05) is 26.0 Å². The van der Waals surface area contributed by atoms with Crippen LogP contribution in [0, 0.1) is 13.8 Å². The van der Waals surface area contributed by atoms with Gasteiger partial charge in [-0.25, -0.2) is 4.79 Å². The van der Waals surface area contributed by atoms with Gasteiger partial charge in [-0.2, -0.15) is 0 Å². The van der Waals surface area contributed by atoms with E-state index < -0.39 is 0 Å². The molecule has 3 N–H and O–H groups in total. The van der Waals surface area contributed by atoms with Crippen molar-refractivity contribution in [3.8, 4) is 0 Å². The fourth-order valence-electron chi connectivity index (χ4n) is 2.19. The van der Waals surface area contributed by atoms with E-state index in [4.69, 9.17) is 5.11 Å². The van der Waals surface area contributed by atoms with E-state index in [-0.39, 0.29) is 12.6 Å². The number of hydrogen-bond donors (Lipinski definition) is 3. The number of aliphatic hydroxyl groups excluding tert-OH is 1. The zero-order valence-corrected chi connectivity index (χ0v) is 12.3. The number of nitrogens with zero attached hydrogens (tertiary/aromatic N) is 3. The number of hydrogen-bond acceptors (Lipinski definition) is 4. The molecule has 21 heavy (non-hydrogen) atoms. The summed E-state index contributed by atoms with van der Waals surface area (Å²) in [6.07, 6.45) is 1.62. The van der Waals surface area contributed by atoms with Crippen LogP contribution >= 0.6 is 0 Å². The number of anilines is 1. The fraction of sp³-hybridized carbons (Fsp3) is 0.357. The van der Waals surface area contributed by atoms with Gasteiger partial charge < -0.3 is 10.4 Å². The number of aromatic nitrogens is 3. The number of urea groups is 1. The predicted octanol–water partition coefficient (Wildman–Crippen LogP) is 1.25. The Kier molecular flexibility index (Phi) is 4.54. The monoisotopic (exact) mass is 289 g/mol. The average Bonchev–Trinajstić information content (AvgIpc) is 2.82. The van der Waals surface area contributed by atoms with Crippen molar-refractivity contribution in [1.29, 1.82) is 0 Å². The van der Waals surface area contributed by atoms with Gasteiger partial charge in [0, 0.05) is 13.6 Å². The molecule has 0 unspecified atom stereocenters. The molecular weight excluding hydrogens is 270 g/mol. The number of aliphatic hydroxyl groups is 1. The Morgan fingerprint density at radius 3 is 2.52 bits per heavy atom. The summed E-state index contributed by atoms with van der Waals surface area (Å²) in [7, 11) is 1.73. The van der Waals surface area contributed by atoms with Crippen molar-refractivity contribution in [2.45, 2.75) is 27.0 Å². The minimum atomic E-state index is -0.333. The summed E-state index contributed by atoms with van der Waals surface area (Å²) in [4.78, 5) is 11.8. The Labute approximate surface area is 123 Å². The zero-order chi connectivity index (χ0) is 15.4. The third kappa shape index (κ3) is 3.79. The van der Waals surface area contributed by atoms with Crippen LogP contribution < -0.4 is 10.6 Å². The summed E-state index contributed by atoms with van der Waals surface area (Å²) in [6.45, 7) is 4.35. The smallest absolute Gasteiger partial charge is 0.320 e. The van der Waals surface area contributed by atoms with Crippen LogP contribution in [-0.4, -0.2) is 26.1 Å². The molecule has 0 saturated heterocycles. The van der Waals surface area contributed by atoms with E-state index in [0.717, 1.165) is 22.3 Å². The molecule has 112 valence electrons. The number of aryl methyl sites for hydroxylation is 3. The minimum absolute atomic E-state index is 0.0164. The normalized spacial score (nSPS) is 10.5. The van der Waals surface area contributed by atoms with Gasteiger partial charge >= 0.3 is 6.03 Å². The second-order valence-electron chi connectivity index (χ2n) is 4.95. The molecule has 1 aromatic carbocycles. The van der Waals surface area contributed by atoms with E-state index in [9.17, 15) is 4.79 Å². The maximum atomic E-state index is 11.8. The first-order valence-electron chi connectivity index (χ1n) is 6.60. The van der Waals surface area contributed by atoms with Gasteiger partial charge in [0.1, 0.15) is 0 Å². The van der Waals surface area contributed by atoms with Gasteiger partial charge in [0.2, 0.25) is 0 Å². The van der Waals surface area contributed by atoms with E-state index in [0.29, 0.717) is 12.4 Å². The van der Waals surface area contributed by atoms with Crippen molar-refractivity contribution < 1.29 is 9.90 Å². The van der Waals surface area contributed by atoms with Crippen LogP contribution in [0.3, 0.4) is 0 Å². The zero-order valence-electron chi connectivity index (χ0n) is 12.3. The molecule has 0 saturated carbocycles. The number of benzene rings is 1. The van der Waals surface area contributed by atoms with Gasteiger partial charge in [0.15, 0.2) is 5.82 Å². The van der Waals surface area contributed by atoms with Gasteiger partial charge in [-0.3, -0.25) is 10.00 Å².